The largest absolute Gasteiger partial charge is 0.356 e. The maximum atomic E-state index is 14.4. The first-order valence-corrected chi connectivity index (χ1v) is 12.8. The molecule has 1 aliphatic rings. The second-order valence-electron chi connectivity index (χ2n) is 8.64. The fraction of sp³-hybridized carbons (Fsp3) is 0.478. The first kappa shape index (κ1) is 22.6. The second-order valence-corrected chi connectivity index (χ2v) is 10.9. The Bertz CT molecular complexity index is 1140. The van der Waals surface area contributed by atoms with Crippen LogP contribution in [0, 0.1) is 11.7 Å². The van der Waals surface area contributed by atoms with Crippen molar-refractivity contribution >= 4 is 26.7 Å². The van der Waals surface area contributed by atoms with E-state index in [1.165, 1.54) is 24.3 Å². The first-order chi connectivity index (χ1) is 15.3. The summed E-state index contributed by atoms with van der Waals surface area (Å²) in [5.74, 6) is 0.424. The third-order valence-electron chi connectivity index (χ3n) is 6.43. The van der Waals surface area contributed by atoms with Crippen molar-refractivity contribution in [1.29, 1.82) is 0 Å². The molecule has 9 heteroatoms. The molecule has 0 spiro atoms. The fourth-order valence-electron chi connectivity index (χ4n) is 4.58. The molecule has 2 heterocycles. The number of nitrogens with one attached hydrogen (secondary N) is 1. The summed E-state index contributed by atoms with van der Waals surface area (Å²) in [5, 5.41) is 0.974. The molecular weight excluding hydrogens is 434 g/mol. The first-order valence-electron chi connectivity index (χ1n) is 10.9. The third-order valence-corrected chi connectivity index (χ3v) is 8.27. The van der Waals surface area contributed by atoms with Gasteiger partial charge in [-0.3, -0.25) is 0 Å². The van der Waals surface area contributed by atoms with Crippen LogP contribution < -0.4 is 4.90 Å². The molecule has 1 aromatic carbocycles. The number of fused-ring (bicyclic) bond motifs is 1. The van der Waals surface area contributed by atoms with Gasteiger partial charge in [-0.1, -0.05) is 12.1 Å². The Morgan fingerprint density at radius 1 is 1.12 bits per heavy atom. The van der Waals surface area contributed by atoms with Gasteiger partial charge in [-0.05, 0) is 61.8 Å². The average Bonchev–Trinajstić information content (AvgIpc) is 3.27. The van der Waals surface area contributed by atoms with E-state index >= 15 is 0 Å². The van der Waals surface area contributed by atoms with Crippen LogP contribution >= 0.6 is 0 Å². The predicted molar refractivity (Wildman–Crippen MR) is 122 cm³/mol. The maximum Gasteiger partial charge on any atom is 0.150 e. The molecule has 1 atom stereocenters. The molecule has 0 saturated heterocycles. The minimum atomic E-state index is -3.36. The van der Waals surface area contributed by atoms with Crippen LogP contribution in [0.2, 0.25) is 0 Å². The number of alkyl halides is 1. The summed E-state index contributed by atoms with van der Waals surface area (Å²) in [5.41, 5.74) is 1.11. The van der Waals surface area contributed by atoms with Crippen molar-refractivity contribution in [2.75, 3.05) is 23.5 Å². The summed E-state index contributed by atoms with van der Waals surface area (Å²) in [6.07, 6.45) is 5.27. The van der Waals surface area contributed by atoms with Crippen LogP contribution in [0.1, 0.15) is 43.8 Å². The predicted octanol–water partition coefficient (Wildman–Crippen LogP) is 4.61. The van der Waals surface area contributed by atoms with Crippen molar-refractivity contribution in [1.82, 2.24) is 15.0 Å². The van der Waals surface area contributed by atoms with Gasteiger partial charge in [-0.2, -0.15) is 0 Å². The zero-order chi connectivity index (χ0) is 22.7. The van der Waals surface area contributed by atoms with Crippen LogP contribution in [-0.2, 0) is 9.84 Å². The lowest BCUT2D eigenvalue weighted by Crippen LogP contribution is -2.37. The molecule has 32 heavy (non-hydrogen) atoms. The topological polar surface area (TPSA) is 79.0 Å². The van der Waals surface area contributed by atoms with Crippen LogP contribution in [0.25, 0.3) is 11.0 Å². The van der Waals surface area contributed by atoms with E-state index in [1.54, 1.807) is 6.33 Å². The van der Waals surface area contributed by atoms with Gasteiger partial charge in [-0.15, -0.1) is 0 Å². The molecule has 172 valence electrons. The van der Waals surface area contributed by atoms with Crippen molar-refractivity contribution in [2.45, 2.75) is 44.3 Å². The Labute approximate surface area is 187 Å². The Kier molecular flexibility index (Phi) is 6.74. The van der Waals surface area contributed by atoms with Gasteiger partial charge >= 0.3 is 0 Å². The van der Waals surface area contributed by atoms with Gasteiger partial charge in [0.25, 0.3) is 0 Å². The molecular formula is C23H28F2N4O2S. The van der Waals surface area contributed by atoms with Crippen molar-refractivity contribution in [3.63, 3.8) is 0 Å². The Morgan fingerprint density at radius 3 is 2.56 bits per heavy atom. The smallest absolute Gasteiger partial charge is 0.150 e. The zero-order valence-electron chi connectivity index (χ0n) is 18.0. The number of hydrogen-bond donors (Lipinski definition) is 1. The van der Waals surface area contributed by atoms with Crippen molar-refractivity contribution in [3.8, 4) is 0 Å². The molecule has 2 aromatic heterocycles. The number of sulfone groups is 1. The summed E-state index contributed by atoms with van der Waals surface area (Å²) in [6, 6.07) is 7.36. The summed E-state index contributed by atoms with van der Waals surface area (Å²) >= 11 is 0. The van der Waals surface area contributed by atoms with Gasteiger partial charge in [0, 0.05) is 19.3 Å². The molecule has 1 aliphatic carbocycles. The standard InChI is InChI=1S/C23H28F2N4O2S/c1-29(23-20-10-12-26-22(20)27-15-28-23)19-8-2-16(3-9-19)14-32(30,31)13-11-21(25)17-4-6-18(24)7-5-17/h4-7,10,12,15-16,19,21H,2-3,8-9,11,13-14H2,1H3,(H,26,27,28). The van der Waals surface area contributed by atoms with Gasteiger partial charge in [-0.25, -0.2) is 27.2 Å². The Hall–Kier alpha value is -2.55. The molecule has 0 radical (unpaired) electrons. The van der Waals surface area contributed by atoms with Crippen molar-refractivity contribution in [2.24, 2.45) is 5.92 Å². The van der Waals surface area contributed by atoms with Crippen molar-refractivity contribution < 1.29 is 17.2 Å². The second kappa shape index (κ2) is 9.52. The molecule has 0 bridgehead atoms. The highest BCUT2D eigenvalue weighted by atomic mass is 32.2. The summed E-state index contributed by atoms with van der Waals surface area (Å²) in [7, 11) is -1.33. The van der Waals surface area contributed by atoms with E-state index in [9.17, 15) is 17.2 Å². The van der Waals surface area contributed by atoms with Gasteiger partial charge in [0.2, 0.25) is 0 Å². The number of rotatable bonds is 8. The van der Waals surface area contributed by atoms with Crippen LogP contribution in [-0.4, -0.2) is 48.0 Å². The molecule has 6 nitrogen and oxygen atoms in total. The molecule has 1 N–H and O–H groups in total. The summed E-state index contributed by atoms with van der Waals surface area (Å²) in [6.45, 7) is 0. The molecule has 3 aromatic rings. The molecule has 1 saturated carbocycles. The summed E-state index contributed by atoms with van der Waals surface area (Å²) < 4.78 is 52.5. The number of H-pyrrole nitrogens is 1. The van der Waals surface area contributed by atoms with Gasteiger partial charge in [0.1, 0.15) is 29.8 Å². The molecule has 0 amide bonds. The van der Waals surface area contributed by atoms with E-state index in [0.29, 0.717) is 5.56 Å². The Balaban J connectivity index is 1.28. The van der Waals surface area contributed by atoms with Crippen molar-refractivity contribution in [3.05, 3.63) is 54.2 Å². The maximum absolute atomic E-state index is 14.4. The summed E-state index contributed by atoms with van der Waals surface area (Å²) in [4.78, 5) is 13.9. The van der Waals surface area contributed by atoms with Crippen LogP contribution in [0.3, 0.4) is 0 Å². The Morgan fingerprint density at radius 2 is 1.84 bits per heavy atom. The number of anilines is 1. The lowest BCUT2D eigenvalue weighted by atomic mass is 9.86. The monoisotopic (exact) mass is 462 g/mol. The molecule has 1 unspecified atom stereocenters. The number of aromatic nitrogens is 3. The van der Waals surface area contributed by atoms with E-state index < -0.39 is 21.8 Å². The lowest BCUT2D eigenvalue weighted by Gasteiger charge is -2.35. The number of halogens is 2. The molecule has 1 fully saturated rings. The number of hydrogen-bond acceptors (Lipinski definition) is 5. The van der Waals surface area contributed by atoms with E-state index in [4.69, 9.17) is 0 Å². The average molecular weight is 463 g/mol. The zero-order valence-corrected chi connectivity index (χ0v) is 18.9. The van der Waals surface area contributed by atoms with E-state index in [2.05, 4.69) is 19.9 Å². The highest BCUT2D eigenvalue weighted by Gasteiger charge is 2.29. The SMILES string of the molecule is CN(c1ncnc2[nH]ccc12)C1CCC(CS(=O)(=O)CCC(F)c2ccc(F)cc2)CC1. The van der Waals surface area contributed by atoms with Crippen LogP contribution in [0.15, 0.2) is 42.9 Å². The minimum Gasteiger partial charge on any atom is -0.356 e. The van der Waals surface area contributed by atoms with Crippen LogP contribution in [0.5, 0.6) is 0 Å². The molecule has 4 rings (SSSR count). The highest BCUT2D eigenvalue weighted by Crippen LogP contribution is 2.32. The number of aromatic amines is 1. The minimum absolute atomic E-state index is 0.0891. The quantitative estimate of drug-likeness (QED) is 0.529. The van der Waals surface area contributed by atoms with Crippen LogP contribution in [0.4, 0.5) is 14.6 Å². The number of benzene rings is 1. The van der Waals surface area contributed by atoms with Gasteiger partial charge < -0.3 is 9.88 Å². The third kappa shape index (κ3) is 5.26. The highest BCUT2D eigenvalue weighted by molar-refractivity contribution is 7.91. The van der Waals surface area contributed by atoms with E-state index in [1.807, 2.05) is 19.3 Å². The lowest BCUT2D eigenvalue weighted by molar-refractivity contribution is 0.330. The van der Waals surface area contributed by atoms with E-state index in [0.717, 1.165) is 42.5 Å². The molecule has 0 aliphatic heterocycles. The van der Waals surface area contributed by atoms with Gasteiger partial charge in [0.05, 0.1) is 16.9 Å². The van der Waals surface area contributed by atoms with Gasteiger partial charge in [0.15, 0.2) is 9.84 Å². The van der Waals surface area contributed by atoms with E-state index in [-0.39, 0.29) is 29.9 Å². The fourth-order valence-corrected chi connectivity index (χ4v) is 6.36. The number of nitrogens with zero attached hydrogens (tertiary/aromatic N) is 3. The normalized spacial score (nSPS) is 20.3.